The van der Waals surface area contributed by atoms with E-state index in [-0.39, 0.29) is 5.71 Å². The lowest BCUT2D eigenvalue weighted by molar-refractivity contribution is -0.465. The predicted octanol–water partition coefficient (Wildman–Crippen LogP) is -0.108. The molecule has 2 atom stereocenters. The summed E-state index contributed by atoms with van der Waals surface area (Å²) in [4.78, 5) is 56.1. The van der Waals surface area contributed by atoms with Crippen LogP contribution in [0.15, 0.2) is 35.3 Å². The second-order valence-electron chi connectivity index (χ2n) is 5.82. The molecule has 9 heteroatoms. The summed E-state index contributed by atoms with van der Waals surface area (Å²) in [6, 6.07) is 7.91. The minimum atomic E-state index is -1.80. The van der Waals surface area contributed by atoms with Crippen LogP contribution in [-0.2, 0) is 25.1 Å². The van der Waals surface area contributed by atoms with Crippen molar-refractivity contribution in [3.63, 3.8) is 0 Å². The van der Waals surface area contributed by atoms with Gasteiger partial charge in [0.1, 0.15) is 0 Å². The van der Waals surface area contributed by atoms with Crippen molar-refractivity contribution in [1.29, 1.82) is 0 Å². The Bertz CT molecular complexity index is 809. The van der Waals surface area contributed by atoms with E-state index < -0.39 is 29.4 Å². The van der Waals surface area contributed by atoms with E-state index in [0.717, 1.165) is 9.80 Å². The molecule has 1 spiro atoms. The fourth-order valence-electron chi connectivity index (χ4n) is 3.20. The van der Waals surface area contributed by atoms with Crippen LogP contribution in [0.5, 0.6) is 0 Å². The second-order valence-corrected chi connectivity index (χ2v) is 5.82. The van der Waals surface area contributed by atoms with Crippen molar-refractivity contribution < 1.29 is 24.2 Å². The molecule has 0 N–H and O–H groups in total. The highest BCUT2D eigenvalue weighted by Gasteiger charge is 2.70. The molecule has 0 aromatic heterocycles. The lowest BCUT2D eigenvalue weighted by atomic mass is 9.94. The second kappa shape index (κ2) is 4.40. The maximum atomic E-state index is 13.0. The molecule has 1 aromatic rings. The Morgan fingerprint density at radius 1 is 0.958 bits per heavy atom. The van der Waals surface area contributed by atoms with E-state index in [4.69, 9.17) is 9.78 Å². The monoisotopic (exact) mass is 330 g/mol. The molecule has 124 valence electrons. The van der Waals surface area contributed by atoms with Gasteiger partial charge in [-0.25, -0.2) is 9.79 Å². The van der Waals surface area contributed by atoms with E-state index in [1.807, 2.05) is 0 Å². The molecule has 24 heavy (non-hydrogen) atoms. The highest BCUT2D eigenvalue weighted by molar-refractivity contribution is 6.46. The molecule has 1 aromatic carbocycles. The lowest BCUT2D eigenvalue weighted by Crippen LogP contribution is -2.82. The van der Waals surface area contributed by atoms with Crippen LogP contribution < -0.4 is 0 Å². The molecule has 9 nitrogen and oxygen atoms in total. The number of urea groups is 1. The zero-order chi connectivity index (χ0) is 17.3. The smallest absolute Gasteiger partial charge is 0.287 e. The highest BCUT2D eigenvalue weighted by atomic mass is 17.2. The number of likely N-dealkylation sites (N-methyl/N-ethyl adjacent to an activating group) is 1. The van der Waals surface area contributed by atoms with E-state index >= 15 is 0 Å². The molecule has 2 fully saturated rings. The number of amides is 4. The van der Waals surface area contributed by atoms with E-state index in [1.165, 1.54) is 26.0 Å². The Kier molecular flexibility index (Phi) is 2.71. The Balaban J connectivity index is 1.99. The van der Waals surface area contributed by atoms with Gasteiger partial charge < -0.3 is 0 Å². The zero-order valence-electron chi connectivity index (χ0n) is 13.2. The Labute approximate surface area is 137 Å². The average Bonchev–Trinajstić information content (AvgIpc) is 2.62. The summed E-state index contributed by atoms with van der Waals surface area (Å²) in [5.41, 5.74) is -1.45. The SMILES string of the molecule is CN1C(=O)C2=NC3(c4ccccc4)OOC2(N(C)C1=O)N(C)C3=O. The molecule has 4 amide bonds. The van der Waals surface area contributed by atoms with Crippen molar-refractivity contribution in [2.75, 3.05) is 21.1 Å². The van der Waals surface area contributed by atoms with Crippen molar-refractivity contribution in [1.82, 2.24) is 14.7 Å². The van der Waals surface area contributed by atoms with Crippen LogP contribution in [0.2, 0.25) is 0 Å². The summed E-state index contributed by atoms with van der Waals surface area (Å²) >= 11 is 0. The fraction of sp³-hybridized carbons (Fsp3) is 0.333. The Morgan fingerprint density at radius 3 is 2.29 bits per heavy atom. The first-order chi connectivity index (χ1) is 11.4. The first kappa shape index (κ1) is 14.8. The minimum absolute atomic E-state index is 0.0793. The number of benzene rings is 1. The van der Waals surface area contributed by atoms with Crippen molar-refractivity contribution in [3.05, 3.63) is 35.9 Å². The number of carbonyl (C=O) groups is 3. The molecule has 0 aliphatic carbocycles. The standard InChI is InChI=1S/C15H14N4O5/c1-17-11(20)10-15(19(3)13(17)22)18(2)12(21)14(16-10,23-24-15)9-7-5-4-6-8-9/h4-8H,1-3H3. The Morgan fingerprint density at radius 2 is 1.62 bits per heavy atom. The number of hydrogen-bond acceptors (Lipinski definition) is 6. The van der Waals surface area contributed by atoms with Gasteiger partial charge in [-0.05, 0) is 0 Å². The maximum Gasteiger partial charge on any atom is 0.330 e. The van der Waals surface area contributed by atoms with Gasteiger partial charge in [0.05, 0.1) is 0 Å². The van der Waals surface area contributed by atoms with E-state index in [1.54, 1.807) is 30.3 Å². The van der Waals surface area contributed by atoms with Crippen molar-refractivity contribution in [2.24, 2.45) is 4.99 Å². The molecular formula is C15H14N4O5. The summed E-state index contributed by atoms with van der Waals surface area (Å²) in [6.07, 6.45) is 0. The van der Waals surface area contributed by atoms with Crippen LogP contribution in [-0.4, -0.2) is 65.2 Å². The molecule has 2 bridgehead atoms. The van der Waals surface area contributed by atoms with Crippen molar-refractivity contribution in [2.45, 2.75) is 11.6 Å². The van der Waals surface area contributed by atoms with Crippen molar-refractivity contribution >= 4 is 23.6 Å². The number of hydrogen-bond donors (Lipinski definition) is 0. The van der Waals surface area contributed by atoms with E-state index in [0.29, 0.717) is 5.56 Å². The predicted molar refractivity (Wildman–Crippen MR) is 79.2 cm³/mol. The van der Waals surface area contributed by atoms with Crippen LogP contribution in [0, 0.1) is 0 Å². The molecule has 0 radical (unpaired) electrons. The summed E-state index contributed by atoms with van der Waals surface area (Å²) in [6.45, 7) is 0. The van der Waals surface area contributed by atoms with Crippen LogP contribution in [0.25, 0.3) is 0 Å². The van der Waals surface area contributed by atoms with Crippen LogP contribution in [0.3, 0.4) is 0 Å². The molecule has 4 heterocycles. The van der Waals surface area contributed by atoms with Gasteiger partial charge >= 0.3 is 11.9 Å². The number of imide groups is 1. The number of rotatable bonds is 1. The van der Waals surface area contributed by atoms with Crippen LogP contribution in [0.4, 0.5) is 4.79 Å². The third-order valence-electron chi connectivity index (χ3n) is 4.61. The Hall–Kier alpha value is -2.78. The van der Waals surface area contributed by atoms with Gasteiger partial charge in [-0.15, -0.1) is 0 Å². The zero-order valence-corrected chi connectivity index (χ0v) is 13.2. The van der Waals surface area contributed by atoms with Gasteiger partial charge in [0.2, 0.25) is 0 Å². The third-order valence-corrected chi connectivity index (χ3v) is 4.61. The quantitative estimate of drug-likeness (QED) is 0.670. The molecule has 4 aliphatic rings. The van der Waals surface area contributed by atoms with E-state index in [2.05, 4.69) is 4.99 Å². The molecule has 2 saturated heterocycles. The van der Waals surface area contributed by atoms with Gasteiger partial charge in [-0.3, -0.25) is 24.3 Å². The third kappa shape index (κ3) is 1.41. The van der Waals surface area contributed by atoms with Gasteiger partial charge in [0.25, 0.3) is 17.5 Å². The average molecular weight is 330 g/mol. The molecular weight excluding hydrogens is 316 g/mol. The highest BCUT2D eigenvalue weighted by Crippen LogP contribution is 2.46. The normalized spacial score (nSPS) is 32.2. The van der Waals surface area contributed by atoms with Gasteiger partial charge in [0, 0.05) is 26.7 Å². The molecule has 4 aliphatic heterocycles. The van der Waals surface area contributed by atoms with Gasteiger partial charge in [-0.2, -0.15) is 9.78 Å². The summed E-state index contributed by atoms with van der Waals surface area (Å²) in [5, 5.41) is 0. The largest absolute Gasteiger partial charge is 0.330 e. The summed E-state index contributed by atoms with van der Waals surface area (Å²) in [5.74, 6) is -2.96. The van der Waals surface area contributed by atoms with Gasteiger partial charge in [-0.1, -0.05) is 30.3 Å². The fourth-order valence-corrected chi connectivity index (χ4v) is 3.20. The first-order valence-electron chi connectivity index (χ1n) is 7.23. The maximum absolute atomic E-state index is 13.0. The molecule has 0 saturated carbocycles. The number of fused-ring (bicyclic) bond motifs is 2. The number of nitrogens with zero attached hydrogens (tertiary/aromatic N) is 4. The van der Waals surface area contributed by atoms with Crippen molar-refractivity contribution in [3.8, 4) is 0 Å². The van der Waals surface area contributed by atoms with E-state index in [9.17, 15) is 14.4 Å². The molecule has 2 unspecified atom stereocenters. The minimum Gasteiger partial charge on any atom is -0.287 e. The topological polar surface area (TPSA) is 91.8 Å². The molecule has 5 rings (SSSR count). The van der Waals surface area contributed by atoms with Crippen LogP contribution in [0.1, 0.15) is 5.56 Å². The van der Waals surface area contributed by atoms with Gasteiger partial charge in [0.15, 0.2) is 5.71 Å². The first-order valence-corrected chi connectivity index (χ1v) is 7.23. The number of carbonyl (C=O) groups excluding carboxylic acids is 3. The summed E-state index contributed by atoms with van der Waals surface area (Å²) < 4.78 is 0. The van der Waals surface area contributed by atoms with Crippen LogP contribution >= 0.6 is 0 Å². The lowest BCUT2D eigenvalue weighted by Gasteiger charge is -2.57. The summed E-state index contributed by atoms with van der Waals surface area (Å²) in [7, 11) is 4.20. The number of aliphatic imine (C=N–C) groups is 1.